The Morgan fingerprint density at radius 2 is 2.50 bits per heavy atom. The Bertz CT molecular complexity index is 40.8. The van der Waals surface area contributed by atoms with Crippen molar-refractivity contribution in [3.05, 3.63) is 0 Å². The van der Waals surface area contributed by atoms with Gasteiger partial charge in [0.15, 0.2) is 0 Å². The van der Waals surface area contributed by atoms with Crippen molar-refractivity contribution >= 4 is 6.21 Å². The summed E-state index contributed by atoms with van der Waals surface area (Å²) in [7, 11) is 0. The van der Waals surface area contributed by atoms with Crippen molar-refractivity contribution in [1.82, 2.24) is 5.43 Å². The van der Waals surface area contributed by atoms with Crippen molar-refractivity contribution in [2.24, 2.45) is 5.10 Å². The van der Waals surface area contributed by atoms with Crippen LogP contribution in [0.1, 0.15) is 13.8 Å². The Balaban J connectivity index is 2.66. The van der Waals surface area contributed by atoms with Crippen LogP contribution in [-0.2, 0) is 0 Å². The summed E-state index contributed by atoms with van der Waals surface area (Å²) in [6.07, 6.45) is 1.73. The van der Waals surface area contributed by atoms with E-state index < -0.39 is 0 Å². The molecule has 0 saturated carbocycles. The number of rotatable bonds is 2. The van der Waals surface area contributed by atoms with Crippen LogP contribution in [0.5, 0.6) is 0 Å². The molecule has 2 nitrogen and oxygen atoms in total. The molecule has 0 aliphatic carbocycles. The molecule has 0 spiro atoms. The largest absolute Gasteiger partial charge is 0.311 e. The predicted octanol–water partition coefficient (Wildman–Crippen LogP) is 0.602. The molecule has 36 valence electrons. The minimum Gasteiger partial charge on any atom is -0.311 e. The van der Waals surface area contributed by atoms with Crippen LogP contribution in [0.25, 0.3) is 0 Å². The third-order valence-corrected chi connectivity index (χ3v) is 0.379. The van der Waals surface area contributed by atoms with Crippen molar-refractivity contribution in [2.45, 2.75) is 13.8 Å². The maximum atomic E-state index is 3.72. The number of hydrogen-bond acceptors (Lipinski definition) is 2. The normalized spacial score (nSPS) is 9.67. The van der Waals surface area contributed by atoms with E-state index >= 15 is 0 Å². The van der Waals surface area contributed by atoms with Crippen molar-refractivity contribution in [1.29, 1.82) is 0 Å². The van der Waals surface area contributed by atoms with Crippen molar-refractivity contribution < 1.29 is 0 Å². The van der Waals surface area contributed by atoms with Gasteiger partial charge in [0.05, 0.1) is 0 Å². The molecule has 1 N–H and O–H groups in total. The van der Waals surface area contributed by atoms with Crippen molar-refractivity contribution in [3.63, 3.8) is 0 Å². The van der Waals surface area contributed by atoms with Gasteiger partial charge >= 0.3 is 0 Å². The lowest BCUT2D eigenvalue weighted by molar-refractivity contribution is 0.787. The van der Waals surface area contributed by atoms with Gasteiger partial charge in [-0.15, -0.1) is 0 Å². The second-order valence-corrected chi connectivity index (χ2v) is 0.899. The van der Waals surface area contributed by atoms with E-state index in [1.54, 1.807) is 6.21 Å². The van der Waals surface area contributed by atoms with E-state index in [0.717, 1.165) is 6.54 Å². The first-order valence-electron chi connectivity index (χ1n) is 2.12. The molecule has 0 aromatic rings. The quantitative estimate of drug-likeness (QED) is 0.386. The highest BCUT2D eigenvalue weighted by Crippen LogP contribution is 1.51. The zero-order chi connectivity index (χ0) is 4.83. The van der Waals surface area contributed by atoms with Gasteiger partial charge in [0, 0.05) is 12.8 Å². The van der Waals surface area contributed by atoms with E-state index in [2.05, 4.69) is 10.5 Å². The summed E-state index contributed by atoms with van der Waals surface area (Å²) in [5.41, 5.74) is 2.77. The second-order valence-electron chi connectivity index (χ2n) is 0.899. The zero-order valence-corrected chi connectivity index (χ0v) is 4.23. The molecule has 0 fully saturated rings. The van der Waals surface area contributed by atoms with Crippen LogP contribution in [0.4, 0.5) is 0 Å². The van der Waals surface area contributed by atoms with Crippen LogP contribution >= 0.6 is 0 Å². The third-order valence-electron chi connectivity index (χ3n) is 0.379. The minimum absolute atomic E-state index is 0.907. The zero-order valence-electron chi connectivity index (χ0n) is 4.23. The molecule has 0 bridgehead atoms. The summed E-state index contributed by atoms with van der Waals surface area (Å²) in [5, 5.41) is 3.72. The fraction of sp³-hybridized carbons (Fsp3) is 0.750. The molecule has 0 aliphatic rings. The first-order chi connectivity index (χ1) is 2.91. The smallest absolute Gasteiger partial charge is 0.0301 e. The Kier molecular flexibility index (Phi) is 4.08. The molecule has 6 heavy (non-hydrogen) atoms. The molecular formula is C4H10N2. The van der Waals surface area contributed by atoms with Gasteiger partial charge in [-0.25, -0.2) is 0 Å². The van der Waals surface area contributed by atoms with E-state index in [1.807, 2.05) is 13.8 Å². The maximum absolute atomic E-state index is 3.72. The standard InChI is InChI=1S/C4H10N2/c1-3-5-6-4-2/h3,6H,4H2,1-2H3. The number of hydrazone groups is 1. The van der Waals surface area contributed by atoms with Crippen LogP contribution < -0.4 is 5.43 Å². The molecule has 0 saturated heterocycles. The average molecular weight is 86.1 g/mol. The van der Waals surface area contributed by atoms with Crippen LogP contribution in [0.15, 0.2) is 5.10 Å². The van der Waals surface area contributed by atoms with Crippen molar-refractivity contribution in [2.75, 3.05) is 6.54 Å². The summed E-state index contributed by atoms with van der Waals surface area (Å²) in [4.78, 5) is 0. The number of nitrogens with zero attached hydrogens (tertiary/aromatic N) is 1. The summed E-state index contributed by atoms with van der Waals surface area (Å²) in [6, 6.07) is 0. The second kappa shape index (κ2) is 4.47. The molecule has 0 unspecified atom stereocenters. The lowest BCUT2D eigenvalue weighted by Crippen LogP contribution is -2.01. The molecule has 0 aromatic heterocycles. The Morgan fingerprint density at radius 1 is 1.83 bits per heavy atom. The average Bonchev–Trinajstić information content (AvgIpc) is 1.61. The fourth-order valence-electron chi connectivity index (χ4n) is 0.183. The van der Waals surface area contributed by atoms with E-state index in [-0.39, 0.29) is 0 Å². The number of nitrogens with one attached hydrogen (secondary N) is 1. The lowest BCUT2D eigenvalue weighted by Gasteiger charge is -1.85. The maximum Gasteiger partial charge on any atom is 0.0301 e. The molecule has 0 atom stereocenters. The first kappa shape index (κ1) is 5.47. The molecule has 0 radical (unpaired) electrons. The minimum atomic E-state index is 0.907. The van der Waals surface area contributed by atoms with Crippen LogP contribution in [0.3, 0.4) is 0 Å². The van der Waals surface area contributed by atoms with Crippen LogP contribution in [0, 0.1) is 0 Å². The fourth-order valence-corrected chi connectivity index (χ4v) is 0.183. The van der Waals surface area contributed by atoms with E-state index in [4.69, 9.17) is 0 Å². The van der Waals surface area contributed by atoms with E-state index in [1.165, 1.54) is 0 Å². The summed E-state index contributed by atoms with van der Waals surface area (Å²) in [5.74, 6) is 0. The molecule has 0 heterocycles. The Labute approximate surface area is 38.2 Å². The van der Waals surface area contributed by atoms with Gasteiger partial charge in [0.1, 0.15) is 0 Å². The van der Waals surface area contributed by atoms with E-state index in [9.17, 15) is 0 Å². The van der Waals surface area contributed by atoms with Gasteiger partial charge in [-0.2, -0.15) is 5.10 Å². The summed E-state index contributed by atoms with van der Waals surface area (Å²) >= 11 is 0. The van der Waals surface area contributed by atoms with Crippen LogP contribution in [-0.4, -0.2) is 12.8 Å². The lowest BCUT2D eigenvalue weighted by atomic mass is 10.8. The van der Waals surface area contributed by atoms with Crippen molar-refractivity contribution in [3.8, 4) is 0 Å². The summed E-state index contributed by atoms with van der Waals surface area (Å²) < 4.78 is 0. The van der Waals surface area contributed by atoms with Gasteiger partial charge in [-0.05, 0) is 13.8 Å². The van der Waals surface area contributed by atoms with Gasteiger partial charge in [-0.3, -0.25) is 0 Å². The van der Waals surface area contributed by atoms with Gasteiger partial charge in [0.25, 0.3) is 0 Å². The topological polar surface area (TPSA) is 24.4 Å². The molecule has 0 aromatic carbocycles. The molecule has 0 rings (SSSR count). The SMILES string of the molecule is CC=NNCC. The first-order valence-corrected chi connectivity index (χ1v) is 2.12. The van der Waals surface area contributed by atoms with Crippen LogP contribution in [0.2, 0.25) is 0 Å². The van der Waals surface area contributed by atoms with E-state index in [0.29, 0.717) is 0 Å². The summed E-state index contributed by atoms with van der Waals surface area (Å²) in [6.45, 7) is 4.79. The molecule has 0 amide bonds. The monoisotopic (exact) mass is 86.1 g/mol. The van der Waals surface area contributed by atoms with Gasteiger partial charge in [0.2, 0.25) is 0 Å². The highest BCUT2D eigenvalue weighted by molar-refractivity contribution is 5.52. The Hall–Kier alpha value is -0.530. The third kappa shape index (κ3) is 3.47. The Morgan fingerprint density at radius 3 is 2.67 bits per heavy atom. The van der Waals surface area contributed by atoms with Gasteiger partial charge < -0.3 is 5.43 Å². The molecule has 0 aliphatic heterocycles. The highest BCUT2D eigenvalue weighted by Gasteiger charge is 1.58. The van der Waals surface area contributed by atoms with Gasteiger partial charge in [-0.1, -0.05) is 0 Å². The predicted molar refractivity (Wildman–Crippen MR) is 27.8 cm³/mol. The highest BCUT2D eigenvalue weighted by atomic mass is 15.3. The molecule has 2 heteroatoms. The molecular weight excluding hydrogens is 76.1 g/mol. The number of hydrogen-bond donors (Lipinski definition) is 1.